The van der Waals surface area contributed by atoms with E-state index < -0.39 is 0 Å². The Labute approximate surface area is 119 Å². The highest BCUT2D eigenvalue weighted by Gasteiger charge is 2.11. The van der Waals surface area contributed by atoms with Crippen LogP contribution in [0.15, 0.2) is 22.7 Å². The minimum Gasteiger partial charge on any atom is -0.508 e. The quantitative estimate of drug-likeness (QED) is 0.878. The molecule has 0 fully saturated rings. The molecule has 2 rings (SSSR count). The lowest BCUT2D eigenvalue weighted by atomic mass is 10.1. The molecule has 0 saturated heterocycles. The fraction of sp³-hybridized carbons (Fsp3) is 0.467. The van der Waals surface area contributed by atoms with E-state index in [4.69, 9.17) is 4.52 Å². The molecule has 1 heterocycles. The van der Waals surface area contributed by atoms with Crippen LogP contribution in [0.4, 0.5) is 0 Å². The van der Waals surface area contributed by atoms with Crippen LogP contribution in [0.1, 0.15) is 25.2 Å². The zero-order valence-electron chi connectivity index (χ0n) is 12.3. The number of phenols is 1. The molecule has 1 aromatic carbocycles. The Morgan fingerprint density at radius 2 is 2.00 bits per heavy atom. The topological polar surface area (TPSA) is 62.4 Å². The molecule has 1 N–H and O–H groups in total. The Morgan fingerprint density at radius 3 is 2.65 bits per heavy atom. The predicted molar refractivity (Wildman–Crippen MR) is 77.6 cm³/mol. The van der Waals surface area contributed by atoms with Crippen LogP contribution in [0.3, 0.4) is 0 Å². The smallest absolute Gasteiger partial charge is 0.257 e. The van der Waals surface area contributed by atoms with Gasteiger partial charge in [-0.3, -0.25) is 0 Å². The largest absolute Gasteiger partial charge is 0.508 e. The van der Waals surface area contributed by atoms with Crippen molar-refractivity contribution >= 4 is 0 Å². The summed E-state index contributed by atoms with van der Waals surface area (Å²) in [6, 6.07) is 5.27. The minimum atomic E-state index is 0.273. The van der Waals surface area contributed by atoms with Gasteiger partial charge in [0.1, 0.15) is 5.75 Å². The molecule has 0 aliphatic heterocycles. The van der Waals surface area contributed by atoms with Gasteiger partial charge in [-0.2, -0.15) is 4.98 Å². The second-order valence-electron chi connectivity index (χ2n) is 4.79. The first-order chi connectivity index (χ1) is 9.63. The summed E-state index contributed by atoms with van der Waals surface area (Å²) in [6.07, 6.45) is 0.780. The first kappa shape index (κ1) is 14.5. The number of benzene rings is 1. The molecule has 0 radical (unpaired) electrons. The first-order valence-corrected chi connectivity index (χ1v) is 6.99. The van der Waals surface area contributed by atoms with Crippen molar-refractivity contribution in [2.24, 2.45) is 0 Å². The Bertz CT molecular complexity index is 562. The van der Waals surface area contributed by atoms with Gasteiger partial charge in [0.05, 0.1) is 0 Å². The molecule has 0 aliphatic carbocycles. The SMILES string of the molecule is CCN(CC)CCc1noc(-c2ccc(O)c(C)c2)n1. The van der Waals surface area contributed by atoms with Gasteiger partial charge in [0.25, 0.3) is 5.89 Å². The normalized spacial score (nSPS) is 11.2. The molecule has 0 aliphatic rings. The van der Waals surface area contributed by atoms with E-state index in [1.807, 2.05) is 13.0 Å². The molecule has 5 heteroatoms. The highest BCUT2D eigenvalue weighted by atomic mass is 16.5. The monoisotopic (exact) mass is 275 g/mol. The standard InChI is InChI=1S/C15H21N3O2/c1-4-18(5-2)9-8-14-16-15(20-17-14)12-6-7-13(19)11(3)10-12/h6-7,10,19H,4-5,8-9H2,1-3H3. The lowest BCUT2D eigenvalue weighted by Gasteiger charge is -2.16. The van der Waals surface area contributed by atoms with Crippen molar-refractivity contribution in [3.05, 3.63) is 29.6 Å². The van der Waals surface area contributed by atoms with E-state index in [-0.39, 0.29) is 5.75 Å². The molecule has 5 nitrogen and oxygen atoms in total. The van der Waals surface area contributed by atoms with Gasteiger partial charge in [-0.05, 0) is 43.8 Å². The number of phenolic OH excluding ortho intramolecular Hbond substituents is 1. The van der Waals surface area contributed by atoms with Crippen LogP contribution in [0.5, 0.6) is 5.75 Å². The third-order valence-corrected chi connectivity index (χ3v) is 3.46. The third-order valence-electron chi connectivity index (χ3n) is 3.46. The molecular formula is C15H21N3O2. The van der Waals surface area contributed by atoms with Gasteiger partial charge in [0.2, 0.25) is 0 Å². The Balaban J connectivity index is 2.06. The van der Waals surface area contributed by atoms with E-state index in [1.165, 1.54) is 0 Å². The average Bonchev–Trinajstić information content (AvgIpc) is 2.92. The van der Waals surface area contributed by atoms with Crippen LogP contribution >= 0.6 is 0 Å². The summed E-state index contributed by atoms with van der Waals surface area (Å²) in [7, 11) is 0. The van der Waals surface area contributed by atoms with Crippen molar-refractivity contribution < 1.29 is 9.63 Å². The second-order valence-corrected chi connectivity index (χ2v) is 4.79. The molecule has 0 amide bonds. The zero-order chi connectivity index (χ0) is 14.5. The number of aryl methyl sites for hydroxylation is 1. The number of likely N-dealkylation sites (N-methyl/N-ethyl adjacent to an activating group) is 1. The first-order valence-electron chi connectivity index (χ1n) is 6.99. The van der Waals surface area contributed by atoms with Crippen LogP contribution < -0.4 is 0 Å². The minimum absolute atomic E-state index is 0.273. The predicted octanol–water partition coefficient (Wildman–Crippen LogP) is 2.63. The number of nitrogens with zero attached hydrogens (tertiary/aromatic N) is 3. The molecule has 0 spiro atoms. The second kappa shape index (κ2) is 6.52. The molecule has 108 valence electrons. The lowest BCUT2D eigenvalue weighted by Crippen LogP contribution is -2.25. The Morgan fingerprint density at radius 1 is 1.25 bits per heavy atom. The van der Waals surface area contributed by atoms with Crippen molar-refractivity contribution in [1.29, 1.82) is 0 Å². The Hall–Kier alpha value is -1.88. The van der Waals surface area contributed by atoms with Gasteiger partial charge in [-0.25, -0.2) is 0 Å². The van der Waals surface area contributed by atoms with Crippen molar-refractivity contribution in [2.75, 3.05) is 19.6 Å². The maximum atomic E-state index is 9.52. The van der Waals surface area contributed by atoms with Gasteiger partial charge in [0, 0.05) is 18.5 Å². The molecule has 0 saturated carbocycles. The average molecular weight is 275 g/mol. The molecule has 0 bridgehead atoms. The summed E-state index contributed by atoms with van der Waals surface area (Å²) >= 11 is 0. The van der Waals surface area contributed by atoms with Gasteiger partial charge in [0.15, 0.2) is 5.82 Å². The maximum Gasteiger partial charge on any atom is 0.257 e. The van der Waals surface area contributed by atoms with E-state index in [2.05, 4.69) is 28.9 Å². The molecule has 2 aromatic rings. The fourth-order valence-electron chi connectivity index (χ4n) is 2.06. The number of hydrogen-bond donors (Lipinski definition) is 1. The van der Waals surface area contributed by atoms with Gasteiger partial charge < -0.3 is 14.5 Å². The van der Waals surface area contributed by atoms with E-state index >= 15 is 0 Å². The van der Waals surface area contributed by atoms with Crippen molar-refractivity contribution in [3.63, 3.8) is 0 Å². The van der Waals surface area contributed by atoms with Crippen LogP contribution in [0, 0.1) is 6.92 Å². The maximum absolute atomic E-state index is 9.52. The fourth-order valence-corrected chi connectivity index (χ4v) is 2.06. The summed E-state index contributed by atoms with van der Waals surface area (Å²) < 4.78 is 5.28. The summed E-state index contributed by atoms with van der Waals surface area (Å²) in [5.41, 5.74) is 1.63. The highest BCUT2D eigenvalue weighted by Crippen LogP contribution is 2.24. The van der Waals surface area contributed by atoms with Crippen molar-refractivity contribution in [1.82, 2.24) is 15.0 Å². The van der Waals surface area contributed by atoms with Gasteiger partial charge >= 0.3 is 0 Å². The van der Waals surface area contributed by atoms with Crippen LogP contribution in [0.2, 0.25) is 0 Å². The van der Waals surface area contributed by atoms with Crippen LogP contribution in [-0.2, 0) is 6.42 Å². The van der Waals surface area contributed by atoms with Crippen molar-refractivity contribution in [2.45, 2.75) is 27.2 Å². The molecule has 0 unspecified atom stereocenters. The zero-order valence-corrected chi connectivity index (χ0v) is 12.3. The molecular weight excluding hydrogens is 254 g/mol. The summed E-state index contributed by atoms with van der Waals surface area (Å²) in [5.74, 6) is 1.50. The summed E-state index contributed by atoms with van der Waals surface area (Å²) in [5, 5.41) is 13.5. The number of hydrogen-bond acceptors (Lipinski definition) is 5. The van der Waals surface area contributed by atoms with E-state index in [9.17, 15) is 5.11 Å². The molecule has 1 aromatic heterocycles. The van der Waals surface area contributed by atoms with E-state index in [1.54, 1.807) is 12.1 Å². The number of aromatic nitrogens is 2. The Kier molecular flexibility index (Phi) is 4.74. The number of aromatic hydroxyl groups is 1. The van der Waals surface area contributed by atoms with Crippen molar-refractivity contribution in [3.8, 4) is 17.2 Å². The van der Waals surface area contributed by atoms with Gasteiger partial charge in [-0.1, -0.05) is 19.0 Å². The molecule has 0 atom stereocenters. The van der Waals surface area contributed by atoms with Gasteiger partial charge in [-0.15, -0.1) is 0 Å². The third kappa shape index (κ3) is 3.36. The summed E-state index contributed by atoms with van der Waals surface area (Å²) in [4.78, 5) is 6.73. The molecule has 20 heavy (non-hydrogen) atoms. The number of rotatable bonds is 6. The van der Waals surface area contributed by atoms with E-state index in [0.29, 0.717) is 5.89 Å². The summed E-state index contributed by atoms with van der Waals surface area (Å²) in [6.45, 7) is 9.11. The highest BCUT2D eigenvalue weighted by molar-refractivity contribution is 5.56. The lowest BCUT2D eigenvalue weighted by molar-refractivity contribution is 0.303. The van der Waals surface area contributed by atoms with E-state index in [0.717, 1.165) is 43.0 Å². The van der Waals surface area contributed by atoms with Crippen LogP contribution in [0.25, 0.3) is 11.5 Å². The van der Waals surface area contributed by atoms with Crippen LogP contribution in [-0.4, -0.2) is 39.8 Å².